The molecule has 106 valence electrons. The van der Waals surface area contributed by atoms with Gasteiger partial charge in [-0.15, -0.1) is 0 Å². The maximum absolute atomic E-state index is 12.0. The summed E-state index contributed by atoms with van der Waals surface area (Å²) in [4.78, 5) is 16.0. The minimum Gasteiger partial charge on any atom is -0.448 e. The number of anilines is 1. The number of oxazole rings is 1. The number of rotatable bonds is 3. The van der Waals surface area contributed by atoms with E-state index >= 15 is 0 Å². The van der Waals surface area contributed by atoms with E-state index in [1.54, 1.807) is 0 Å². The Bertz CT molecular complexity index is 775. The number of nitrogens with zero attached hydrogens (tertiary/aromatic N) is 1. The zero-order valence-corrected chi connectivity index (χ0v) is 11.6. The third kappa shape index (κ3) is 2.86. The van der Waals surface area contributed by atoms with Crippen LogP contribution in [-0.2, 0) is 6.54 Å². The fourth-order valence-electron chi connectivity index (χ4n) is 2.16. The van der Waals surface area contributed by atoms with Crippen molar-refractivity contribution in [1.29, 1.82) is 0 Å². The molecule has 2 N–H and O–H groups in total. The van der Waals surface area contributed by atoms with E-state index < -0.39 is 0 Å². The van der Waals surface area contributed by atoms with Crippen LogP contribution in [0.5, 0.6) is 0 Å². The van der Waals surface area contributed by atoms with E-state index in [4.69, 9.17) is 4.42 Å². The first kappa shape index (κ1) is 13.2. The van der Waals surface area contributed by atoms with Gasteiger partial charge in [-0.3, -0.25) is 0 Å². The van der Waals surface area contributed by atoms with E-state index in [0.717, 1.165) is 22.2 Å². The highest BCUT2D eigenvalue weighted by atomic mass is 16.3. The zero-order chi connectivity index (χ0) is 14.7. The molecule has 0 atom stereocenters. The van der Waals surface area contributed by atoms with Gasteiger partial charge in [-0.1, -0.05) is 36.4 Å². The molecule has 2 amide bonds. The van der Waals surface area contributed by atoms with Gasteiger partial charge in [0.15, 0.2) is 6.39 Å². The Morgan fingerprint density at radius 1 is 1.19 bits per heavy atom. The van der Waals surface area contributed by atoms with Crippen LogP contribution >= 0.6 is 0 Å². The van der Waals surface area contributed by atoms with Gasteiger partial charge in [0.1, 0.15) is 11.5 Å². The van der Waals surface area contributed by atoms with Crippen LogP contribution in [0.4, 0.5) is 10.5 Å². The highest BCUT2D eigenvalue weighted by molar-refractivity contribution is 6.01. The van der Waals surface area contributed by atoms with Crippen molar-refractivity contribution < 1.29 is 9.21 Å². The summed E-state index contributed by atoms with van der Waals surface area (Å²) in [6.45, 7) is 2.14. The van der Waals surface area contributed by atoms with Gasteiger partial charge in [-0.25, -0.2) is 9.78 Å². The molecule has 0 aliphatic rings. The fraction of sp³-hybridized carbons (Fsp3) is 0.125. The molecule has 0 saturated carbocycles. The van der Waals surface area contributed by atoms with Gasteiger partial charge in [0.2, 0.25) is 0 Å². The van der Waals surface area contributed by atoms with Crippen LogP contribution in [-0.4, -0.2) is 11.0 Å². The lowest BCUT2D eigenvalue weighted by molar-refractivity contribution is 0.251. The molecule has 5 heteroatoms. The molecule has 0 bridgehead atoms. The van der Waals surface area contributed by atoms with E-state index in [-0.39, 0.29) is 6.03 Å². The number of hydrogen-bond donors (Lipinski definition) is 2. The zero-order valence-electron chi connectivity index (χ0n) is 11.6. The molecular weight excluding hydrogens is 266 g/mol. The molecule has 0 aliphatic carbocycles. The highest BCUT2D eigenvalue weighted by Crippen LogP contribution is 2.22. The van der Waals surface area contributed by atoms with Crippen molar-refractivity contribution in [2.75, 3.05) is 5.32 Å². The molecule has 0 unspecified atom stereocenters. The van der Waals surface area contributed by atoms with Crippen molar-refractivity contribution in [3.05, 3.63) is 60.3 Å². The largest absolute Gasteiger partial charge is 0.448 e. The molecule has 0 aliphatic heterocycles. The van der Waals surface area contributed by atoms with Crippen molar-refractivity contribution in [1.82, 2.24) is 10.3 Å². The van der Waals surface area contributed by atoms with Gasteiger partial charge >= 0.3 is 6.03 Å². The second kappa shape index (κ2) is 5.66. The maximum atomic E-state index is 12.0. The number of urea groups is 1. The Labute approximate surface area is 122 Å². The van der Waals surface area contributed by atoms with Crippen molar-refractivity contribution in [2.24, 2.45) is 0 Å². The number of amides is 2. The highest BCUT2D eigenvalue weighted by Gasteiger charge is 2.07. The van der Waals surface area contributed by atoms with Crippen molar-refractivity contribution in [3.63, 3.8) is 0 Å². The number of carbonyl (C=O) groups excluding carboxylic acids is 1. The smallest absolute Gasteiger partial charge is 0.319 e. The van der Waals surface area contributed by atoms with Gasteiger partial charge in [-0.2, -0.15) is 0 Å². The van der Waals surface area contributed by atoms with Crippen molar-refractivity contribution >= 4 is 22.5 Å². The van der Waals surface area contributed by atoms with Crippen LogP contribution in [0.25, 0.3) is 10.8 Å². The minimum absolute atomic E-state index is 0.270. The molecule has 3 rings (SSSR count). The monoisotopic (exact) mass is 281 g/mol. The average Bonchev–Trinajstić information content (AvgIpc) is 2.91. The number of fused-ring (bicyclic) bond motifs is 1. The number of aromatic nitrogens is 1. The first-order valence-corrected chi connectivity index (χ1v) is 6.65. The number of aryl methyl sites for hydroxylation is 1. The van der Waals surface area contributed by atoms with Crippen molar-refractivity contribution in [3.8, 4) is 0 Å². The molecule has 1 heterocycles. The molecule has 0 radical (unpaired) electrons. The topological polar surface area (TPSA) is 67.2 Å². The lowest BCUT2D eigenvalue weighted by Gasteiger charge is -2.09. The third-order valence-electron chi connectivity index (χ3n) is 3.30. The summed E-state index contributed by atoms with van der Waals surface area (Å²) in [6.07, 6.45) is 1.37. The molecule has 1 aromatic heterocycles. The maximum Gasteiger partial charge on any atom is 0.319 e. The van der Waals surface area contributed by atoms with Gasteiger partial charge in [0, 0.05) is 5.39 Å². The summed E-state index contributed by atoms with van der Waals surface area (Å²) in [5, 5.41) is 7.72. The van der Waals surface area contributed by atoms with Gasteiger partial charge in [0.25, 0.3) is 0 Å². The molecule has 5 nitrogen and oxygen atoms in total. The average molecular weight is 281 g/mol. The molecule has 0 fully saturated rings. The Morgan fingerprint density at radius 2 is 2.00 bits per heavy atom. The van der Waals surface area contributed by atoms with E-state index in [9.17, 15) is 4.79 Å². The Balaban J connectivity index is 1.70. The predicted molar refractivity (Wildman–Crippen MR) is 81.0 cm³/mol. The normalized spacial score (nSPS) is 10.5. The van der Waals surface area contributed by atoms with Crippen LogP contribution in [0.3, 0.4) is 0 Å². The summed E-state index contributed by atoms with van der Waals surface area (Å²) in [5.41, 5.74) is 1.51. The standard InChI is InChI=1S/C16H15N3O2/c1-11-15(18-10-21-11)9-17-16(20)19-14-8-4-6-12-5-2-3-7-13(12)14/h2-8,10H,9H2,1H3,(H2,17,19,20). The number of benzene rings is 2. The van der Waals surface area contributed by atoms with Crippen LogP contribution in [0.2, 0.25) is 0 Å². The number of hydrogen-bond acceptors (Lipinski definition) is 3. The van der Waals surface area contributed by atoms with E-state index in [2.05, 4.69) is 15.6 Å². The van der Waals surface area contributed by atoms with Gasteiger partial charge in [-0.05, 0) is 18.4 Å². The first-order chi connectivity index (χ1) is 10.2. The Morgan fingerprint density at radius 3 is 2.81 bits per heavy atom. The van der Waals surface area contributed by atoms with E-state index in [0.29, 0.717) is 12.3 Å². The van der Waals surface area contributed by atoms with Crippen LogP contribution in [0.1, 0.15) is 11.5 Å². The quantitative estimate of drug-likeness (QED) is 0.772. The molecule has 0 saturated heterocycles. The molecule has 0 spiro atoms. The molecule has 21 heavy (non-hydrogen) atoms. The summed E-state index contributed by atoms with van der Waals surface area (Å²) in [6, 6.07) is 13.4. The minimum atomic E-state index is -0.270. The number of carbonyl (C=O) groups is 1. The van der Waals surface area contributed by atoms with E-state index in [1.807, 2.05) is 49.4 Å². The summed E-state index contributed by atoms with van der Waals surface area (Å²) in [5.74, 6) is 0.709. The molecule has 3 aromatic rings. The van der Waals surface area contributed by atoms with Gasteiger partial charge < -0.3 is 15.1 Å². The molecular formula is C16H15N3O2. The lowest BCUT2D eigenvalue weighted by atomic mass is 10.1. The van der Waals surface area contributed by atoms with Crippen LogP contribution < -0.4 is 10.6 Å². The molecule has 2 aromatic carbocycles. The summed E-state index contributed by atoms with van der Waals surface area (Å²) >= 11 is 0. The first-order valence-electron chi connectivity index (χ1n) is 6.65. The fourth-order valence-corrected chi connectivity index (χ4v) is 2.16. The summed E-state index contributed by atoms with van der Waals surface area (Å²) in [7, 11) is 0. The predicted octanol–water partition coefficient (Wildman–Crippen LogP) is 3.46. The lowest BCUT2D eigenvalue weighted by Crippen LogP contribution is -2.28. The third-order valence-corrected chi connectivity index (χ3v) is 3.30. The second-order valence-corrected chi connectivity index (χ2v) is 4.69. The van der Waals surface area contributed by atoms with Gasteiger partial charge in [0.05, 0.1) is 12.2 Å². The van der Waals surface area contributed by atoms with E-state index in [1.165, 1.54) is 6.39 Å². The summed E-state index contributed by atoms with van der Waals surface area (Å²) < 4.78 is 5.09. The Hall–Kier alpha value is -2.82. The van der Waals surface area contributed by atoms with Crippen LogP contribution in [0, 0.1) is 6.92 Å². The SMILES string of the molecule is Cc1ocnc1CNC(=O)Nc1cccc2ccccc12. The van der Waals surface area contributed by atoms with Crippen LogP contribution in [0.15, 0.2) is 53.3 Å². The second-order valence-electron chi connectivity index (χ2n) is 4.69. The van der Waals surface area contributed by atoms with Crippen molar-refractivity contribution in [2.45, 2.75) is 13.5 Å². The Kier molecular flexibility index (Phi) is 3.55. The number of nitrogens with one attached hydrogen (secondary N) is 2.